The normalized spacial score (nSPS) is 27.6. The Bertz CT molecular complexity index is 753. The van der Waals surface area contributed by atoms with Crippen LogP contribution in [0.4, 0.5) is 4.39 Å². The van der Waals surface area contributed by atoms with Crippen LogP contribution in [0, 0.1) is 17.7 Å². The Kier molecular flexibility index (Phi) is 4.32. The molecule has 2 heterocycles. The molecule has 1 aromatic carbocycles. The molecule has 0 amide bonds. The molecule has 1 saturated heterocycles. The zero-order chi connectivity index (χ0) is 18.2. The van der Waals surface area contributed by atoms with E-state index in [1.165, 1.54) is 37.5 Å². The number of halogens is 1. The summed E-state index contributed by atoms with van der Waals surface area (Å²) in [6.07, 6.45) is 1.29. The van der Waals surface area contributed by atoms with Crippen molar-refractivity contribution in [1.29, 1.82) is 0 Å². The van der Waals surface area contributed by atoms with Crippen molar-refractivity contribution in [2.75, 3.05) is 13.7 Å². The van der Waals surface area contributed by atoms with E-state index in [2.05, 4.69) is 4.74 Å². The zero-order valence-corrected chi connectivity index (χ0v) is 13.8. The number of carbonyl (C=O) groups is 3. The van der Waals surface area contributed by atoms with Gasteiger partial charge in [0.15, 0.2) is 5.78 Å². The maximum atomic E-state index is 13.0. The fourth-order valence-electron chi connectivity index (χ4n) is 3.23. The maximum absolute atomic E-state index is 13.0. The number of carbonyl (C=O) groups excluding carboxylic acids is 3. The minimum Gasteiger partial charge on any atom is -0.480 e. The Morgan fingerprint density at radius 2 is 2.00 bits per heavy atom. The molecule has 7 heteroatoms. The van der Waals surface area contributed by atoms with Gasteiger partial charge < -0.3 is 14.2 Å². The molecule has 0 aromatic heterocycles. The number of benzene rings is 1. The number of methoxy groups -OCH3 is 1. The molecule has 3 rings (SSSR count). The zero-order valence-electron chi connectivity index (χ0n) is 13.8. The fraction of sp³-hybridized carbons (Fsp3) is 0.389. The molecular formula is C18H17FO6. The van der Waals surface area contributed by atoms with Crippen molar-refractivity contribution in [3.05, 3.63) is 47.5 Å². The number of hydrogen-bond donors (Lipinski definition) is 0. The van der Waals surface area contributed by atoms with Crippen molar-refractivity contribution >= 4 is 17.7 Å². The summed E-state index contributed by atoms with van der Waals surface area (Å²) in [6.45, 7) is 1.76. The second-order valence-electron chi connectivity index (χ2n) is 6.31. The number of fused-ring (bicyclic) bond motifs is 1. The lowest BCUT2D eigenvalue weighted by molar-refractivity contribution is -0.148. The van der Waals surface area contributed by atoms with Crippen LogP contribution in [0.3, 0.4) is 0 Å². The summed E-state index contributed by atoms with van der Waals surface area (Å²) >= 11 is 0. The largest absolute Gasteiger partial charge is 0.480 e. The molecule has 25 heavy (non-hydrogen) atoms. The van der Waals surface area contributed by atoms with E-state index in [1.807, 2.05) is 0 Å². The number of hydrogen-bond acceptors (Lipinski definition) is 6. The van der Waals surface area contributed by atoms with Gasteiger partial charge >= 0.3 is 11.9 Å². The Labute approximate surface area is 143 Å². The predicted molar refractivity (Wildman–Crippen MR) is 82.9 cm³/mol. The molecule has 2 aliphatic rings. The smallest absolute Gasteiger partial charge is 0.373 e. The van der Waals surface area contributed by atoms with Crippen LogP contribution in [-0.4, -0.2) is 37.0 Å². The molecule has 0 radical (unpaired) electrons. The topological polar surface area (TPSA) is 78.9 Å². The van der Waals surface area contributed by atoms with Gasteiger partial charge in [-0.3, -0.25) is 9.59 Å². The molecule has 0 spiro atoms. The molecule has 132 valence electrons. The first-order valence-corrected chi connectivity index (χ1v) is 7.78. The van der Waals surface area contributed by atoms with E-state index in [1.54, 1.807) is 6.92 Å². The van der Waals surface area contributed by atoms with Gasteiger partial charge in [0.05, 0.1) is 32.0 Å². The number of ether oxygens (including phenoxy) is 3. The Morgan fingerprint density at radius 1 is 1.32 bits per heavy atom. The van der Waals surface area contributed by atoms with Gasteiger partial charge in [0.2, 0.25) is 5.76 Å². The van der Waals surface area contributed by atoms with Crippen LogP contribution in [0.2, 0.25) is 0 Å². The van der Waals surface area contributed by atoms with Gasteiger partial charge in [-0.1, -0.05) is 0 Å². The number of rotatable bonds is 4. The first-order chi connectivity index (χ1) is 11.8. The number of Topliss-reactive ketones (excluding diaryl/α,β-unsaturated/α-hetero) is 1. The molecule has 3 atom stereocenters. The summed E-state index contributed by atoms with van der Waals surface area (Å²) in [6, 6.07) is 5.16. The van der Waals surface area contributed by atoms with Crippen LogP contribution in [0.25, 0.3) is 0 Å². The maximum Gasteiger partial charge on any atom is 0.373 e. The molecule has 1 aromatic rings. The molecule has 1 fully saturated rings. The lowest BCUT2D eigenvalue weighted by atomic mass is 9.75. The predicted octanol–water partition coefficient (Wildman–Crippen LogP) is 2.03. The van der Waals surface area contributed by atoms with Gasteiger partial charge in [-0.05, 0) is 37.3 Å². The van der Waals surface area contributed by atoms with Gasteiger partial charge in [-0.15, -0.1) is 0 Å². The Morgan fingerprint density at radius 3 is 2.64 bits per heavy atom. The van der Waals surface area contributed by atoms with E-state index in [0.29, 0.717) is 5.56 Å². The molecule has 0 saturated carbocycles. The van der Waals surface area contributed by atoms with Crippen molar-refractivity contribution in [2.45, 2.75) is 18.9 Å². The van der Waals surface area contributed by atoms with E-state index in [-0.39, 0.29) is 24.6 Å². The minimum absolute atomic E-state index is 0.0925. The lowest BCUT2D eigenvalue weighted by Crippen LogP contribution is -2.47. The van der Waals surface area contributed by atoms with Gasteiger partial charge in [0.1, 0.15) is 11.4 Å². The van der Waals surface area contributed by atoms with E-state index in [0.717, 1.165) is 0 Å². The first kappa shape index (κ1) is 17.1. The summed E-state index contributed by atoms with van der Waals surface area (Å²) in [4.78, 5) is 36.4. The monoisotopic (exact) mass is 348 g/mol. The van der Waals surface area contributed by atoms with Gasteiger partial charge in [0.25, 0.3) is 0 Å². The van der Waals surface area contributed by atoms with Crippen LogP contribution >= 0.6 is 0 Å². The summed E-state index contributed by atoms with van der Waals surface area (Å²) in [5.74, 6) is -3.10. The summed E-state index contributed by atoms with van der Waals surface area (Å²) in [5.41, 5.74) is -0.803. The van der Waals surface area contributed by atoms with Gasteiger partial charge in [-0.25, -0.2) is 9.18 Å². The van der Waals surface area contributed by atoms with Gasteiger partial charge in [0, 0.05) is 5.56 Å². The first-order valence-electron chi connectivity index (χ1n) is 7.78. The van der Waals surface area contributed by atoms with E-state index >= 15 is 0 Å². The summed E-state index contributed by atoms with van der Waals surface area (Å²) in [5, 5.41) is 0. The second kappa shape index (κ2) is 6.31. The lowest BCUT2D eigenvalue weighted by Gasteiger charge is -2.39. The minimum atomic E-state index is -1.12. The van der Waals surface area contributed by atoms with Crippen LogP contribution in [0.5, 0.6) is 0 Å². The second-order valence-corrected chi connectivity index (χ2v) is 6.31. The molecular weight excluding hydrogens is 331 g/mol. The quantitative estimate of drug-likeness (QED) is 0.612. The molecule has 0 unspecified atom stereocenters. The molecule has 2 aliphatic heterocycles. The molecule has 0 aliphatic carbocycles. The third-order valence-corrected chi connectivity index (χ3v) is 4.63. The van der Waals surface area contributed by atoms with Crippen molar-refractivity contribution < 1.29 is 33.0 Å². The van der Waals surface area contributed by atoms with Crippen LogP contribution < -0.4 is 0 Å². The molecule has 6 nitrogen and oxygen atoms in total. The highest BCUT2D eigenvalue weighted by atomic mass is 19.1. The van der Waals surface area contributed by atoms with Crippen molar-refractivity contribution in [1.82, 2.24) is 0 Å². The summed E-state index contributed by atoms with van der Waals surface area (Å²) < 4.78 is 28.5. The number of ketones is 1. The molecule has 0 bridgehead atoms. The highest BCUT2D eigenvalue weighted by Crippen LogP contribution is 2.43. The third-order valence-electron chi connectivity index (χ3n) is 4.63. The standard InChI is InChI=1S/C18H17FO6/c1-18(8-14(20)10-3-5-11(19)6-4-10)13-9-24-16(21)12(13)7-15(25-18)17(22)23-2/h3-7,12-13H,8-9H2,1-2H3/t12-,13-,18-/m1/s1. The van der Waals surface area contributed by atoms with E-state index in [9.17, 15) is 18.8 Å². The molecule has 0 N–H and O–H groups in total. The SMILES string of the molecule is COC(=O)C1=C[C@H]2C(=O)OC[C@H]2[C@@](C)(CC(=O)c2ccc(F)cc2)O1. The third kappa shape index (κ3) is 3.14. The van der Waals surface area contributed by atoms with Crippen molar-refractivity contribution in [3.8, 4) is 0 Å². The van der Waals surface area contributed by atoms with E-state index < -0.39 is 35.2 Å². The number of esters is 2. The van der Waals surface area contributed by atoms with Crippen LogP contribution in [0.1, 0.15) is 23.7 Å². The Hall–Kier alpha value is -2.70. The van der Waals surface area contributed by atoms with Crippen LogP contribution in [0.15, 0.2) is 36.1 Å². The average Bonchev–Trinajstić information content (AvgIpc) is 2.96. The summed E-state index contributed by atoms with van der Waals surface area (Å²) in [7, 11) is 1.20. The van der Waals surface area contributed by atoms with E-state index in [4.69, 9.17) is 9.47 Å². The van der Waals surface area contributed by atoms with Gasteiger partial charge in [-0.2, -0.15) is 0 Å². The van der Waals surface area contributed by atoms with Crippen molar-refractivity contribution in [2.24, 2.45) is 11.8 Å². The Balaban J connectivity index is 1.89. The van der Waals surface area contributed by atoms with Crippen LogP contribution in [-0.2, 0) is 23.8 Å². The average molecular weight is 348 g/mol. The number of cyclic esters (lactones) is 1. The highest BCUT2D eigenvalue weighted by Gasteiger charge is 2.53. The van der Waals surface area contributed by atoms with Crippen molar-refractivity contribution in [3.63, 3.8) is 0 Å². The highest BCUT2D eigenvalue weighted by molar-refractivity contribution is 5.97. The fourth-order valence-corrected chi connectivity index (χ4v) is 3.23.